The van der Waals surface area contributed by atoms with Gasteiger partial charge in [0.05, 0.1) is 23.0 Å². The third kappa shape index (κ3) is 3.78. The highest BCUT2D eigenvalue weighted by atomic mass is 32.1. The first-order valence-corrected chi connectivity index (χ1v) is 9.19. The number of thiazole rings is 1. The van der Waals surface area contributed by atoms with Crippen LogP contribution < -0.4 is 15.8 Å². The molecule has 4 aromatic rings. The normalized spacial score (nSPS) is 11.7. The van der Waals surface area contributed by atoms with Crippen molar-refractivity contribution in [1.82, 2.24) is 4.98 Å². The van der Waals surface area contributed by atoms with Crippen LogP contribution in [0.5, 0.6) is 5.75 Å². The molecule has 0 amide bonds. The van der Waals surface area contributed by atoms with E-state index in [4.69, 9.17) is 14.9 Å². The van der Waals surface area contributed by atoms with E-state index in [9.17, 15) is 0 Å². The molecule has 0 saturated carbocycles. The van der Waals surface area contributed by atoms with Crippen molar-refractivity contribution in [3.8, 4) is 16.5 Å². The number of anilines is 1. The fourth-order valence-electron chi connectivity index (χ4n) is 2.64. The monoisotopic (exact) mass is 378 g/mol. The number of ether oxygens (including phenoxy) is 1. The maximum Gasteiger partial charge on any atom is 0.193 e. The Morgan fingerprint density at radius 1 is 1.15 bits per heavy atom. The first-order chi connectivity index (χ1) is 13.2. The summed E-state index contributed by atoms with van der Waals surface area (Å²) < 4.78 is 12.3. The molecule has 0 radical (unpaired) electrons. The van der Waals surface area contributed by atoms with Crippen LogP contribution in [0.2, 0.25) is 0 Å². The molecule has 0 atom stereocenters. The van der Waals surface area contributed by atoms with Crippen molar-refractivity contribution < 1.29 is 9.15 Å². The summed E-state index contributed by atoms with van der Waals surface area (Å²) in [5, 5.41) is 3.89. The molecule has 4 rings (SSSR count). The van der Waals surface area contributed by atoms with Crippen LogP contribution in [-0.2, 0) is 6.54 Å². The number of hydrogen-bond donors (Lipinski definition) is 2. The largest absolute Gasteiger partial charge is 0.495 e. The number of para-hydroxylation sites is 3. The Morgan fingerprint density at radius 2 is 1.96 bits per heavy atom. The van der Waals surface area contributed by atoms with Crippen LogP contribution in [0, 0.1) is 0 Å². The number of methoxy groups -OCH3 is 1. The van der Waals surface area contributed by atoms with Crippen molar-refractivity contribution in [3.63, 3.8) is 0 Å². The molecule has 27 heavy (non-hydrogen) atoms. The van der Waals surface area contributed by atoms with E-state index in [0.29, 0.717) is 18.1 Å². The van der Waals surface area contributed by atoms with Crippen LogP contribution in [0.4, 0.5) is 5.69 Å². The predicted molar refractivity (Wildman–Crippen MR) is 109 cm³/mol. The number of aromatic nitrogens is 1. The second-order valence-corrected chi connectivity index (χ2v) is 6.81. The summed E-state index contributed by atoms with van der Waals surface area (Å²) >= 11 is 1.60. The first-order valence-electron chi connectivity index (χ1n) is 8.37. The molecule has 7 heteroatoms. The van der Waals surface area contributed by atoms with Crippen molar-refractivity contribution in [1.29, 1.82) is 0 Å². The number of nitrogens with zero attached hydrogens (tertiary/aromatic N) is 2. The van der Waals surface area contributed by atoms with Crippen LogP contribution >= 0.6 is 11.3 Å². The Morgan fingerprint density at radius 3 is 2.81 bits per heavy atom. The minimum Gasteiger partial charge on any atom is -0.495 e. The second kappa shape index (κ2) is 7.51. The quantitative estimate of drug-likeness (QED) is 0.395. The Balaban J connectivity index is 1.46. The van der Waals surface area contributed by atoms with Gasteiger partial charge in [0.15, 0.2) is 16.7 Å². The van der Waals surface area contributed by atoms with Gasteiger partial charge in [0.25, 0.3) is 0 Å². The molecule has 0 aliphatic carbocycles. The lowest BCUT2D eigenvalue weighted by atomic mass is 10.3. The number of guanidine groups is 1. The van der Waals surface area contributed by atoms with Crippen molar-refractivity contribution in [3.05, 3.63) is 66.4 Å². The summed E-state index contributed by atoms with van der Waals surface area (Å²) in [4.78, 5) is 8.94. The third-order valence-electron chi connectivity index (χ3n) is 3.94. The van der Waals surface area contributed by atoms with Gasteiger partial charge in [-0.1, -0.05) is 24.3 Å². The second-order valence-electron chi connectivity index (χ2n) is 5.78. The molecule has 0 bridgehead atoms. The van der Waals surface area contributed by atoms with Gasteiger partial charge in [-0.2, -0.15) is 0 Å². The van der Waals surface area contributed by atoms with E-state index in [1.54, 1.807) is 18.4 Å². The Labute approximate surface area is 160 Å². The molecule has 2 aromatic heterocycles. The van der Waals surface area contributed by atoms with Gasteiger partial charge in [-0.3, -0.25) is 0 Å². The number of fused-ring (bicyclic) bond motifs is 1. The molecule has 0 unspecified atom stereocenters. The van der Waals surface area contributed by atoms with E-state index < -0.39 is 0 Å². The topological polar surface area (TPSA) is 85.7 Å². The van der Waals surface area contributed by atoms with Gasteiger partial charge in [0.1, 0.15) is 18.1 Å². The molecule has 0 aliphatic heterocycles. The van der Waals surface area contributed by atoms with Gasteiger partial charge in [-0.25, -0.2) is 9.98 Å². The predicted octanol–water partition coefficient (Wildman–Crippen LogP) is 4.49. The molecule has 0 fully saturated rings. The summed E-state index contributed by atoms with van der Waals surface area (Å²) in [5.41, 5.74) is 7.71. The van der Waals surface area contributed by atoms with Gasteiger partial charge < -0.3 is 20.2 Å². The van der Waals surface area contributed by atoms with Crippen molar-refractivity contribution in [2.24, 2.45) is 10.7 Å². The number of rotatable bonds is 5. The maximum atomic E-state index is 5.98. The number of hydrogen-bond acceptors (Lipinski definition) is 5. The average Bonchev–Trinajstić information content (AvgIpc) is 3.33. The van der Waals surface area contributed by atoms with Crippen molar-refractivity contribution in [2.75, 3.05) is 12.4 Å². The average molecular weight is 378 g/mol. The third-order valence-corrected chi connectivity index (χ3v) is 4.99. The molecule has 6 nitrogen and oxygen atoms in total. The Kier molecular flexibility index (Phi) is 4.76. The Bertz CT molecular complexity index is 1070. The molecule has 0 saturated heterocycles. The first kappa shape index (κ1) is 17.1. The summed E-state index contributed by atoms with van der Waals surface area (Å²) in [5.74, 6) is 2.44. The SMILES string of the molecule is COc1ccccc1NC(N)=NCc1ccc(-c2nc3ccccc3s2)o1. The van der Waals surface area contributed by atoms with E-state index in [1.165, 1.54) is 0 Å². The van der Waals surface area contributed by atoms with Gasteiger partial charge in [-0.05, 0) is 36.4 Å². The summed E-state index contributed by atoms with van der Waals surface area (Å²) in [6.45, 7) is 0.332. The fraction of sp³-hybridized carbons (Fsp3) is 0.100. The molecule has 0 spiro atoms. The van der Waals surface area contributed by atoms with Gasteiger partial charge in [0, 0.05) is 0 Å². The fourth-order valence-corrected chi connectivity index (χ4v) is 3.57. The molecule has 136 valence electrons. The van der Waals surface area contributed by atoms with Crippen LogP contribution in [-0.4, -0.2) is 18.1 Å². The molecular weight excluding hydrogens is 360 g/mol. The van der Waals surface area contributed by atoms with Gasteiger partial charge in [0.2, 0.25) is 0 Å². The number of aliphatic imine (C=N–C) groups is 1. The molecule has 0 aliphatic rings. The van der Waals surface area contributed by atoms with E-state index >= 15 is 0 Å². The standard InChI is InChI=1S/C20H18N4O2S/c1-25-16-8-4-2-6-14(16)24-20(21)22-12-13-10-11-17(26-13)19-23-15-7-3-5-9-18(15)27-19/h2-11H,12H2,1H3,(H3,21,22,24). The number of nitrogens with one attached hydrogen (secondary N) is 1. The van der Waals surface area contributed by atoms with Crippen LogP contribution in [0.3, 0.4) is 0 Å². The summed E-state index contributed by atoms with van der Waals surface area (Å²) in [6, 6.07) is 19.3. The van der Waals surface area contributed by atoms with Gasteiger partial charge >= 0.3 is 0 Å². The van der Waals surface area contributed by atoms with Crippen molar-refractivity contribution in [2.45, 2.75) is 6.54 Å². The van der Waals surface area contributed by atoms with E-state index in [1.807, 2.05) is 54.6 Å². The Hall–Kier alpha value is -3.32. The van der Waals surface area contributed by atoms with Crippen molar-refractivity contribution >= 4 is 33.2 Å². The maximum absolute atomic E-state index is 5.98. The minimum absolute atomic E-state index is 0.289. The van der Waals surface area contributed by atoms with Crippen LogP contribution in [0.15, 0.2) is 70.1 Å². The molecule has 2 aromatic carbocycles. The molecule has 3 N–H and O–H groups in total. The number of nitrogens with two attached hydrogens (primary N) is 1. The van der Waals surface area contributed by atoms with E-state index in [-0.39, 0.29) is 5.96 Å². The van der Waals surface area contributed by atoms with Gasteiger partial charge in [-0.15, -0.1) is 11.3 Å². The highest BCUT2D eigenvalue weighted by molar-refractivity contribution is 7.21. The van der Waals surface area contributed by atoms with Crippen LogP contribution in [0.1, 0.15) is 5.76 Å². The zero-order valence-electron chi connectivity index (χ0n) is 14.7. The minimum atomic E-state index is 0.289. The number of furan rings is 1. The van der Waals surface area contributed by atoms with Crippen LogP contribution in [0.25, 0.3) is 21.0 Å². The summed E-state index contributed by atoms with van der Waals surface area (Å²) in [6.07, 6.45) is 0. The zero-order valence-corrected chi connectivity index (χ0v) is 15.5. The zero-order chi connectivity index (χ0) is 18.6. The van der Waals surface area contributed by atoms with E-state index in [2.05, 4.69) is 21.4 Å². The molecule has 2 heterocycles. The lowest BCUT2D eigenvalue weighted by Gasteiger charge is -2.09. The molecular formula is C20H18N4O2S. The number of benzene rings is 2. The smallest absolute Gasteiger partial charge is 0.193 e. The highest BCUT2D eigenvalue weighted by Crippen LogP contribution is 2.31. The lowest BCUT2D eigenvalue weighted by molar-refractivity contribution is 0.417. The van der Waals surface area contributed by atoms with E-state index in [0.717, 1.165) is 26.7 Å². The highest BCUT2D eigenvalue weighted by Gasteiger charge is 2.10. The lowest BCUT2D eigenvalue weighted by Crippen LogP contribution is -2.22. The summed E-state index contributed by atoms with van der Waals surface area (Å²) in [7, 11) is 1.61.